The third kappa shape index (κ3) is 2.73. The van der Waals surface area contributed by atoms with Crippen LogP contribution in [0.3, 0.4) is 0 Å². The molecule has 2 aromatic rings. The van der Waals surface area contributed by atoms with Crippen molar-refractivity contribution in [2.75, 3.05) is 26.2 Å². The molecule has 95 valence electrons. The van der Waals surface area contributed by atoms with E-state index in [0.29, 0.717) is 0 Å². The van der Waals surface area contributed by atoms with Crippen molar-refractivity contribution in [1.82, 2.24) is 4.98 Å². The molecule has 18 heavy (non-hydrogen) atoms. The molecular formula is C13H15N2O2S. The molecule has 0 aliphatic carbocycles. The van der Waals surface area contributed by atoms with Gasteiger partial charge in [0.1, 0.15) is 11.5 Å². The minimum atomic E-state index is 0.725. The summed E-state index contributed by atoms with van der Waals surface area (Å²) in [4.78, 5) is 6.24. The number of nitrogens with zero attached hydrogens (tertiary/aromatic N) is 2. The van der Waals surface area contributed by atoms with Gasteiger partial charge in [0, 0.05) is 18.5 Å². The first-order valence-corrected chi connectivity index (χ1v) is 6.36. The molecule has 0 N–H and O–H groups in total. The van der Waals surface area contributed by atoms with Gasteiger partial charge in [0.2, 0.25) is 0 Å². The number of methoxy groups -OCH3 is 2. The van der Waals surface area contributed by atoms with Crippen molar-refractivity contribution in [3.05, 3.63) is 34.8 Å². The Hall–Kier alpha value is -1.75. The Balaban J connectivity index is 2.21. The summed E-state index contributed by atoms with van der Waals surface area (Å²) < 4.78 is 10.6. The van der Waals surface area contributed by atoms with E-state index < -0.39 is 0 Å². The van der Waals surface area contributed by atoms with Crippen molar-refractivity contribution in [2.24, 2.45) is 0 Å². The largest absolute Gasteiger partial charge is 0.497 e. The summed E-state index contributed by atoms with van der Waals surface area (Å²) in [6.45, 7) is 0.725. The maximum atomic E-state index is 5.38. The van der Waals surface area contributed by atoms with Crippen LogP contribution >= 0.6 is 11.3 Å². The minimum Gasteiger partial charge on any atom is -0.497 e. The van der Waals surface area contributed by atoms with Gasteiger partial charge in [-0.1, -0.05) is 0 Å². The lowest BCUT2D eigenvalue weighted by molar-refractivity contribution is 0.394. The van der Waals surface area contributed by atoms with Crippen molar-refractivity contribution in [3.8, 4) is 11.5 Å². The molecule has 1 aromatic heterocycles. The van der Waals surface area contributed by atoms with Crippen LogP contribution in [-0.4, -0.2) is 26.3 Å². The average molecular weight is 263 g/mol. The van der Waals surface area contributed by atoms with Crippen LogP contribution in [0.15, 0.2) is 23.6 Å². The van der Waals surface area contributed by atoms with E-state index in [0.717, 1.165) is 29.4 Å². The number of ether oxygens (including phenoxy) is 2. The lowest BCUT2D eigenvalue weighted by atomic mass is 10.2. The van der Waals surface area contributed by atoms with Crippen LogP contribution in [0.25, 0.3) is 0 Å². The summed E-state index contributed by atoms with van der Waals surface area (Å²) in [5, 5.41) is 1.99. The molecule has 0 spiro atoms. The first-order chi connectivity index (χ1) is 8.74. The maximum Gasteiger partial charge on any atom is 0.152 e. The van der Waals surface area contributed by atoms with E-state index in [2.05, 4.69) is 15.4 Å². The zero-order chi connectivity index (χ0) is 13.0. The van der Waals surface area contributed by atoms with Gasteiger partial charge in [-0.05, 0) is 12.1 Å². The van der Waals surface area contributed by atoms with Crippen LogP contribution in [0.1, 0.15) is 5.69 Å². The summed E-state index contributed by atoms with van der Waals surface area (Å²) in [6.07, 6.45) is 0. The van der Waals surface area contributed by atoms with E-state index in [1.807, 2.05) is 30.6 Å². The van der Waals surface area contributed by atoms with Gasteiger partial charge in [0.05, 0.1) is 32.1 Å². The van der Waals surface area contributed by atoms with E-state index in [1.54, 1.807) is 14.2 Å². The van der Waals surface area contributed by atoms with Crippen LogP contribution < -0.4 is 14.4 Å². The molecule has 1 aromatic carbocycles. The highest BCUT2D eigenvalue weighted by Gasteiger charge is 2.10. The zero-order valence-corrected chi connectivity index (χ0v) is 11.5. The first kappa shape index (κ1) is 12.7. The molecule has 0 saturated carbocycles. The highest BCUT2D eigenvalue weighted by atomic mass is 32.1. The molecule has 0 atom stereocenters. The third-order valence-corrected chi connectivity index (χ3v) is 3.22. The normalized spacial score (nSPS) is 10.2. The maximum absolute atomic E-state index is 5.38. The van der Waals surface area contributed by atoms with E-state index in [-0.39, 0.29) is 0 Å². The number of benzene rings is 1. The molecule has 0 aliphatic heterocycles. The van der Waals surface area contributed by atoms with Crippen molar-refractivity contribution in [2.45, 2.75) is 6.54 Å². The Morgan fingerprint density at radius 3 is 2.78 bits per heavy atom. The Morgan fingerprint density at radius 2 is 2.17 bits per heavy atom. The summed E-state index contributed by atoms with van der Waals surface area (Å²) in [6, 6.07) is 5.77. The molecule has 0 aliphatic rings. The smallest absolute Gasteiger partial charge is 0.152 e. The van der Waals surface area contributed by atoms with Gasteiger partial charge in [-0.2, -0.15) is 0 Å². The number of anilines is 1. The SMILES string of the molecule is COc1ccc(N(C)Cc2cs[c]n2)c(OC)c1. The van der Waals surface area contributed by atoms with Crippen LogP contribution in [0.5, 0.6) is 11.5 Å². The van der Waals surface area contributed by atoms with Crippen LogP contribution in [0, 0.1) is 5.51 Å². The average Bonchev–Trinajstić information content (AvgIpc) is 2.90. The quantitative estimate of drug-likeness (QED) is 0.830. The highest BCUT2D eigenvalue weighted by Crippen LogP contribution is 2.32. The van der Waals surface area contributed by atoms with Gasteiger partial charge < -0.3 is 14.4 Å². The highest BCUT2D eigenvalue weighted by molar-refractivity contribution is 7.07. The number of thiazole rings is 1. The predicted octanol–water partition coefficient (Wildman–Crippen LogP) is 2.60. The second-order valence-corrected chi connectivity index (χ2v) is 4.48. The number of rotatable bonds is 5. The topological polar surface area (TPSA) is 34.6 Å². The van der Waals surface area contributed by atoms with Gasteiger partial charge >= 0.3 is 0 Å². The summed E-state index contributed by atoms with van der Waals surface area (Å²) in [5.74, 6) is 1.57. The fourth-order valence-corrected chi connectivity index (χ4v) is 2.19. The molecule has 1 radical (unpaired) electrons. The number of hydrogen-bond donors (Lipinski definition) is 0. The zero-order valence-electron chi connectivity index (χ0n) is 10.6. The Bertz CT molecular complexity index is 500. The van der Waals surface area contributed by atoms with Gasteiger partial charge in [-0.15, -0.1) is 11.3 Å². The second kappa shape index (κ2) is 5.73. The van der Waals surface area contributed by atoms with Crippen molar-refractivity contribution >= 4 is 17.0 Å². The Kier molecular flexibility index (Phi) is 4.04. The molecule has 0 saturated heterocycles. The Morgan fingerprint density at radius 1 is 1.33 bits per heavy atom. The van der Waals surface area contributed by atoms with E-state index in [4.69, 9.17) is 9.47 Å². The molecule has 2 rings (SSSR count). The minimum absolute atomic E-state index is 0.725. The second-order valence-electron chi connectivity index (χ2n) is 3.82. The monoisotopic (exact) mass is 263 g/mol. The molecule has 0 fully saturated rings. The standard InChI is InChI=1S/C13H15N2O2S/c1-15(7-10-8-18-9-14-10)12-5-4-11(16-2)6-13(12)17-3/h4-6,8H,7H2,1-3H3. The Labute approximate surface area is 111 Å². The molecule has 5 heteroatoms. The fraction of sp³-hybridized carbons (Fsp3) is 0.308. The lowest BCUT2D eigenvalue weighted by Gasteiger charge is -2.21. The molecule has 4 nitrogen and oxygen atoms in total. The van der Waals surface area contributed by atoms with Crippen molar-refractivity contribution in [1.29, 1.82) is 0 Å². The van der Waals surface area contributed by atoms with Crippen LogP contribution in [0.2, 0.25) is 0 Å². The molecular weight excluding hydrogens is 248 g/mol. The number of hydrogen-bond acceptors (Lipinski definition) is 5. The van der Waals surface area contributed by atoms with Crippen LogP contribution in [0.4, 0.5) is 5.69 Å². The number of aromatic nitrogens is 1. The van der Waals surface area contributed by atoms with E-state index in [9.17, 15) is 0 Å². The fourth-order valence-electron chi connectivity index (χ4n) is 1.71. The van der Waals surface area contributed by atoms with Gasteiger partial charge in [0.25, 0.3) is 0 Å². The van der Waals surface area contributed by atoms with Crippen molar-refractivity contribution < 1.29 is 9.47 Å². The third-order valence-electron chi connectivity index (χ3n) is 2.63. The lowest BCUT2D eigenvalue weighted by Crippen LogP contribution is -2.17. The first-order valence-electron chi connectivity index (χ1n) is 5.48. The molecule has 0 amide bonds. The summed E-state index contributed by atoms with van der Waals surface area (Å²) in [7, 11) is 5.30. The molecule has 1 heterocycles. The van der Waals surface area contributed by atoms with E-state index >= 15 is 0 Å². The predicted molar refractivity (Wildman–Crippen MR) is 72.6 cm³/mol. The van der Waals surface area contributed by atoms with Crippen LogP contribution in [-0.2, 0) is 6.54 Å². The van der Waals surface area contributed by atoms with Gasteiger partial charge in [-0.25, -0.2) is 4.98 Å². The van der Waals surface area contributed by atoms with Gasteiger partial charge in [-0.3, -0.25) is 0 Å². The van der Waals surface area contributed by atoms with Gasteiger partial charge in [0.15, 0.2) is 5.51 Å². The molecule has 0 unspecified atom stereocenters. The van der Waals surface area contributed by atoms with Crippen molar-refractivity contribution in [3.63, 3.8) is 0 Å². The summed E-state index contributed by atoms with van der Waals surface area (Å²) >= 11 is 1.48. The van der Waals surface area contributed by atoms with E-state index in [1.165, 1.54) is 11.3 Å². The summed E-state index contributed by atoms with van der Waals surface area (Å²) in [5.41, 5.74) is 4.85. The molecule has 0 bridgehead atoms.